The molecule has 0 aliphatic carbocycles. The van der Waals surface area contributed by atoms with E-state index in [0.717, 1.165) is 18.6 Å². The van der Waals surface area contributed by atoms with Gasteiger partial charge in [0.15, 0.2) is 0 Å². The Balaban J connectivity index is 2.62. The third-order valence-corrected chi connectivity index (χ3v) is 8.51. The van der Waals surface area contributed by atoms with Gasteiger partial charge < -0.3 is 15.5 Å². The van der Waals surface area contributed by atoms with E-state index in [0.29, 0.717) is 12.2 Å². The number of carboxylic acid groups (broad SMARTS) is 1. The molecule has 0 saturated heterocycles. The average molecular weight is 500 g/mol. The first kappa shape index (κ1) is 26.4. The molecule has 10 nitrogen and oxygen atoms in total. The van der Waals surface area contributed by atoms with E-state index in [1.807, 2.05) is 6.92 Å². The van der Waals surface area contributed by atoms with Crippen molar-refractivity contribution >= 4 is 37.4 Å². The van der Waals surface area contributed by atoms with Crippen LogP contribution in [0.2, 0.25) is 0 Å². The Morgan fingerprint density at radius 1 is 1.00 bits per heavy atom. The maximum Gasteiger partial charge on any atom is 0.339 e. The van der Waals surface area contributed by atoms with Crippen LogP contribution in [0.5, 0.6) is 5.75 Å². The highest BCUT2D eigenvalue weighted by Crippen LogP contribution is 2.32. The van der Waals surface area contributed by atoms with Gasteiger partial charge in [-0.05, 0) is 49.2 Å². The molecule has 0 heterocycles. The van der Waals surface area contributed by atoms with Gasteiger partial charge in [0, 0.05) is 19.6 Å². The average Bonchev–Trinajstić information content (AvgIpc) is 2.72. The standard InChI is InChI=1S/C21H29N3O7S2/c1-5-10-22-17-9-8-15(33(30,31)24(6-2)7-3)12-18(17)23-32(28,29)20-13-16(21(26)27)19(25)11-14(20)4/h8-9,11-13,22-23,25H,5-7,10H2,1-4H3,(H,26,27). The molecule has 0 saturated carbocycles. The molecular weight excluding hydrogens is 470 g/mol. The van der Waals surface area contributed by atoms with Crippen molar-refractivity contribution in [3.8, 4) is 5.75 Å². The monoisotopic (exact) mass is 499 g/mol. The molecule has 0 spiro atoms. The molecule has 0 amide bonds. The highest BCUT2D eigenvalue weighted by molar-refractivity contribution is 7.92. The molecule has 0 bridgehead atoms. The highest BCUT2D eigenvalue weighted by atomic mass is 32.2. The highest BCUT2D eigenvalue weighted by Gasteiger charge is 2.26. The normalized spacial score (nSPS) is 12.0. The number of nitrogens with zero attached hydrogens (tertiary/aromatic N) is 1. The van der Waals surface area contributed by atoms with Crippen molar-refractivity contribution in [3.05, 3.63) is 41.5 Å². The lowest BCUT2D eigenvalue weighted by Crippen LogP contribution is -2.30. The topological polar surface area (TPSA) is 153 Å². The zero-order valence-corrected chi connectivity index (χ0v) is 20.5. The van der Waals surface area contributed by atoms with Gasteiger partial charge in [0.1, 0.15) is 11.3 Å². The van der Waals surface area contributed by atoms with Gasteiger partial charge in [0.25, 0.3) is 10.0 Å². The summed E-state index contributed by atoms with van der Waals surface area (Å²) < 4.78 is 55.9. The van der Waals surface area contributed by atoms with E-state index in [9.17, 15) is 31.8 Å². The maximum atomic E-state index is 13.2. The molecule has 2 aromatic rings. The Hall–Kier alpha value is -2.83. The molecule has 0 unspecified atom stereocenters. The quantitative estimate of drug-likeness (QED) is 0.368. The van der Waals surface area contributed by atoms with Crippen LogP contribution in [0.25, 0.3) is 0 Å². The zero-order chi connectivity index (χ0) is 25.0. The lowest BCUT2D eigenvalue weighted by atomic mass is 10.1. The van der Waals surface area contributed by atoms with E-state index in [2.05, 4.69) is 10.0 Å². The number of hydrogen-bond donors (Lipinski definition) is 4. The van der Waals surface area contributed by atoms with E-state index in [1.54, 1.807) is 13.8 Å². The van der Waals surface area contributed by atoms with Crippen LogP contribution in [0.3, 0.4) is 0 Å². The third kappa shape index (κ3) is 5.75. The number of aromatic carboxylic acids is 1. The van der Waals surface area contributed by atoms with Gasteiger partial charge in [0.05, 0.1) is 21.2 Å². The number of hydrogen-bond acceptors (Lipinski definition) is 7. The predicted octanol–water partition coefficient (Wildman–Crippen LogP) is 3.05. The molecule has 0 aliphatic rings. The van der Waals surface area contributed by atoms with Crippen LogP contribution in [0.1, 0.15) is 43.1 Å². The molecule has 2 rings (SSSR count). The second-order valence-electron chi connectivity index (χ2n) is 7.27. The molecule has 12 heteroatoms. The van der Waals surface area contributed by atoms with Crippen LogP contribution in [0.15, 0.2) is 40.1 Å². The van der Waals surface area contributed by atoms with Crippen LogP contribution in [-0.4, -0.2) is 57.0 Å². The lowest BCUT2D eigenvalue weighted by Gasteiger charge is -2.21. The number of rotatable bonds is 11. The number of carboxylic acids is 1. The summed E-state index contributed by atoms with van der Waals surface area (Å²) in [4.78, 5) is 10.9. The van der Waals surface area contributed by atoms with Crippen LogP contribution in [-0.2, 0) is 20.0 Å². The van der Waals surface area contributed by atoms with Gasteiger partial charge in [-0.25, -0.2) is 21.6 Å². The van der Waals surface area contributed by atoms with Crippen LogP contribution in [0, 0.1) is 6.92 Å². The number of nitrogens with one attached hydrogen (secondary N) is 2. The van der Waals surface area contributed by atoms with Crippen molar-refractivity contribution in [1.29, 1.82) is 0 Å². The summed E-state index contributed by atoms with van der Waals surface area (Å²) in [6.07, 6.45) is 0.741. The molecule has 182 valence electrons. The van der Waals surface area contributed by atoms with Crippen LogP contribution in [0.4, 0.5) is 11.4 Å². The molecule has 4 N–H and O–H groups in total. The third-order valence-electron chi connectivity index (χ3n) is 4.96. The molecule has 0 radical (unpaired) electrons. The molecule has 2 aromatic carbocycles. The summed E-state index contributed by atoms with van der Waals surface area (Å²) in [5.74, 6) is -2.04. The number of carbonyl (C=O) groups is 1. The van der Waals surface area contributed by atoms with E-state index >= 15 is 0 Å². The lowest BCUT2D eigenvalue weighted by molar-refractivity contribution is 0.0693. The molecule has 0 aromatic heterocycles. The summed E-state index contributed by atoms with van der Waals surface area (Å²) >= 11 is 0. The maximum absolute atomic E-state index is 13.2. The Morgan fingerprint density at radius 3 is 2.18 bits per heavy atom. The fourth-order valence-corrected chi connectivity index (χ4v) is 6.04. The van der Waals surface area contributed by atoms with Gasteiger partial charge in [-0.1, -0.05) is 20.8 Å². The smallest absolute Gasteiger partial charge is 0.339 e. The first-order valence-electron chi connectivity index (χ1n) is 10.4. The minimum atomic E-state index is -4.33. The minimum absolute atomic E-state index is 0.000955. The second-order valence-corrected chi connectivity index (χ2v) is 10.9. The minimum Gasteiger partial charge on any atom is -0.507 e. The van der Waals surface area contributed by atoms with Gasteiger partial charge >= 0.3 is 5.97 Å². The molecule has 0 fully saturated rings. The summed E-state index contributed by atoms with van der Waals surface area (Å²) in [7, 11) is -8.18. The largest absolute Gasteiger partial charge is 0.507 e. The van der Waals surface area contributed by atoms with Gasteiger partial charge in [-0.2, -0.15) is 4.31 Å². The number of anilines is 2. The number of sulfonamides is 2. The molecule has 33 heavy (non-hydrogen) atoms. The van der Waals surface area contributed by atoms with Gasteiger partial charge in [-0.15, -0.1) is 0 Å². The summed E-state index contributed by atoms with van der Waals surface area (Å²) in [5.41, 5.74) is -0.0713. The van der Waals surface area contributed by atoms with E-state index < -0.39 is 37.3 Å². The van der Waals surface area contributed by atoms with Crippen molar-refractivity contribution in [1.82, 2.24) is 4.31 Å². The summed E-state index contributed by atoms with van der Waals surface area (Å²) in [6.45, 7) is 7.75. The predicted molar refractivity (Wildman–Crippen MR) is 126 cm³/mol. The van der Waals surface area contributed by atoms with Crippen LogP contribution >= 0.6 is 0 Å². The van der Waals surface area contributed by atoms with Gasteiger partial charge in [0.2, 0.25) is 10.0 Å². The van der Waals surface area contributed by atoms with Crippen molar-refractivity contribution in [3.63, 3.8) is 0 Å². The Bertz CT molecular complexity index is 1240. The van der Waals surface area contributed by atoms with Crippen molar-refractivity contribution in [2.75, 3.05) is 29.7 Å². The molecule has 0 aliphatic heterocycles. The Morgan fingerprint density at radius 2 is 1.64 bits per heavy atom. The van der Waals surface area contributed by atoms with E-state index in [4.69, 9.17) is 0 Å². The fraction of sp³-hybridized carbons (Fsp3) is 0.381. The summed E-state index contributed by atoms with van der Waals surface area (Å²) in [6, 6.07) is 6.03. The summed E-state index contributed by atoms with van der Waals surface area (Å²) in [5, 5.41) is 22.1. The molecular formula is C21H29N3O7S2. The zero-order valence-electron chi connectivity index (χ0n) is 18.9. The first-order chi connectivity index (χ1) is 15.4. The van der Waals surface area contributed by atoms with Gasteiger partial charge in [-0.3, -0.25) is 4.72 Å². The molecule has 0 atom stereocenters. The van der Waals surface area contributed by atoms with Crippen molar-refractivity contribution < 1.29 is 31.8 Å². The number of aryl methyl sites for hydroxylation is 1. The van der Waals surface area contributed by atoms with E-state index in [-0.39, 0.29) is 34.1 Å². The van der Waals surface area contributed by atoms with Crippen LogP contribution < -0.4 is 10.0 Å². The Labute approximate surface area is 194 Å². The second kappa shape index (κ2) is 10.4. The number of benzene rings is 2. The van der Waals surface area contributed by atoms with E-state index in [1.165, 1.54) is 29.4 Å². The van der Waals surface area contributed by atoms with Crippen molar-refractivity contribution in [2.24, 2.45) is 0 Å². The number of phenols is 1. The Kier molecular flexibility index (Phi) is 8.33. The fourth-order valence-electron chi connectivity index (χ4n) is 3.23. The van der Waals surface area contributed by atoms with Crippen molar-refractivity contribution in [2.45, 2.75) is 43.9 Å². The first-order valence-corrected chi connectivity index (χ1v) is 13.3. The number of aromatic hydroxyl groups is 1. The SMILES string of the molecule is CCCNc1ccc(S(=O)(=O)N(CC)CC)cc1NS(=O)(=O)c1cc(C(=O)O)c(O)cc1C.